The summed E-state index contributed by atoms with van der Waals surface area (Å²) in [4.78, 5) is 20.7. The van der Waals surface area contributed by atoms with Gasteiger partial charge in [-0.2, -0.15) is 13.2 Å². The molecule has 3 aromatic rings. The summed E-state index contributed by atoms with van der Waals surface area (Å²) in [5.74, 6) is -0.394. The first-order valence-electron chi connectivity index (χ1n) is 8.93. The number of fused-ring (bicyclic) bond motifs is 1. The van der Waals surface area contributed by atoms with Gasteiger partial charge in [-0.05, 0) is 60.0 Å². The van der Waals surface area contributed by atoms with Crippen molar-refractivity contribution in [3.05, 3.63) is 58.6 Å². The lowest BCUT2D eigenvalue weighted by atomic mass is 10.1. The van der Waals surface area contributed by atoms with Crippen molar-refractivity contribution >= 4 is 34.7 Å². The van der Waals surface area contributed by atoms with Gasteiger partial charge in [-0.3, -0.25) is 4.79 Å². The minimum atomic E-state index is -4.59. The molecule has 1 aliphatic carbocycles. The fraction of sp³-hybridized carbons (Fsp3) is 0.250. The van der Waals surface area contributed by atoms with E-state index in [-0.39, 0.29) is 22.5 Å². The van der Waals surface area contributed by atoms with Crippen LogP contribution in [0.5, 0.6) is 0 Å². The number of hydrogen-bond acceptors (Lipinski definition) is 5. The van der Waals surface area contributed by atoms with E-state index in [4.69, 9.17) is 0 Å². The number of anilines is 1. The van der Waals surface area contributed by atoms with E-state index in [0.29, 0.717) is 10.6 Å². The minimum Gasteiger partial charge on any atom is -0.325 e. The Kier molecular flexibility index (Phi) is 5.60. The smallest absolute Gasteiger partial charge is 0.325 e. The van der Waals surface area contributed by atoms with Crippen molar-refractivity contribution in [2.75, 3.05) is 11.1 Å². The number of nitrogens with zero attached hydrogens (tertiary/aromatic N) is 2. The van der Waals surface area contributed by atoms with E-state index in [1.807, 2.05) is 18.2 Å². The van der Waals surface area contributed by atoms with Crippen LogP contribution in [0, 0.1) is 0 Å². The maximum atomic E-state index is 13.2. The number of aromatic nitrogens is 2. The number of thiophene rings is 1. The van der Waals surface area contributed by atoms with Crippen LogP contribution in [0.4, 0.5) is 18.9 Å². The number of carbonyl (C=O) groups excluding carboxylic acids is 1. The molecule has 9 heteroatoms. The predicted molar refractivity (Wildman–Crippen MR) is 108 cm³/mol. The molecular formula is C20H16F3N3OS2. The van der Waals surface area contributed by atoms with Crippen LogP contribution >= 0.6 is 23.1 Å². The summed E-state index contributed by atoms with van der Waals surface area (Å²) < 4.78 is 39.6. The van der Waals surface area contributed by atoms with Crippen LogP contribution in [0.25, 0.3) is 10.6 Å². The van der Waals surface area contributed by atoms with Crippen molar-refractivity contribution in [2.45, 2.75) is 30.6 Å². The van der Waals surface area contributed by atoms with E-state index < -0.39 is 11.9 Å². The Balaban J connectivity index is 1.47. The van der Waals surface area contributed by atoms with Crippen molar-refractivity contribution in [3.63, 3.8) is 0 Å². The van der Waals surface area contributed by atoms with Crippen LogP contribution in [0.3, 0.4) is 0 Å². The normalized spacial score (nSPS) is 13.3. The molecule has 1 amide bonds. The average Bonchev–Trinajstić information content (AvgIpc) is 3.37. The van der Waals surface area contributed by atoms with Gasteiger partial charge in [0.15, 0.2) is 5.16 Å². The number of rotatable bonds is 5. The summed E-state index contributed by atoms with van der Waals surface area (Å²) in [5, 5.41) is 4.48. The lowest BCUT2D eigenvalue weighted by Crippen LogP contribution is -2.15. The first kappa shape index (κ1) is 19.9. The van der Waals surface area contributed by atoms with Gasteiger partial charge in [-0.1, -0.05) is 23.9 Å². The van der Waals surface area contributed by atoms with Crippen molar-refractivity contribution in [2.24, 2.45) is 0 Å². The quantitative estimate of drug-likeness (QED) is 0.428. The molecule has 0 fully saturated rings. The van der Waals surface area contributed by atoms with Gasteiger partial charge < -0.3 is 5.32 Å². The summed E-state index contributed by atoms with van der Waals surface area (Å²) >= 11 is 2.18. The molecule has 0 saturated carbocycles. The molecule has 4 nitrogen and oxygen atoms in total. The van der Waals surface area contributed by atoms with Gasteiger partial charge in [0.2, 0.25) is 5.91 Å². The van der Waals surface area contributed by atoms with E-state index in [9.17, 15) is 18.0 Å². The Hall–Kier alpha value is -2.39. The van der Waals surface area contributed by atoms with E-state index in [1.165, 1.54) is 22.5 Å². The predicted octanol–water partition coefficient (Wildman–Crippen LogP) is 5.44. The molecule has 0 radical (unpaired) electrons. The molecule has 1 aliphatic rings. The first-order chi connectivity index (χ1) is 13.9. The number of thioether (sulfide) groups is 1. The van der Waals surface area contributed by atoms with Crippen LogP contribution in [0.1, 0.15) is 23.2 Å². The maximum absolute atomic E-state index is 13.2. The summed E-state index contributed by atoms with van der Waals surface area (Å²) in [6.45, 7) is 0. The molecule has 1 aromatic carbocycles. The highest BCUT2D eigenvalue weighted by Gasteiger charge is 2.34. The number of halogens is 3. The Morgan fingerprint density at radius 2 is 1.97 bits per heavy atom. The van der Waals surface area contributed by atoms with Crippen LogP contribution < -0.4 is 5.32 Å². The number of hydrogen-bond donors (Lipinski definition) is 1. The van der Waals surface area contributed by atoms with Crippen molar-refractivity contribution < 1.29 is 18.0 Å². The van der Waals surface area contributed by atoms with Crippen LogP contribution in [0.15, 0.2) is 46.9 Å². The third-order valence-corrected chi connectivity index (χ3v) is 6.22. The highest BCUT2D eigenvalue weighted by molar-refractivity contribution is 7.99. The molecule has 4 rings (SSSR count). The highest BCUT2D eigenvalue weighted by atomic mass is 32.2. The standard InChI is InChI=1S/C20H16F3N3OS2/c21-20(22,23)17-10-15(16-5-2-8-28-16)25-19(26-17)29-11-18(27)24-14-7-6-12-3-1-4-13(12)9-14/h2,5-10H,1,3-4,11H2,(H,24,27). The van der Waals surface area contributed by atoms with Crippen LogP contribution in [0.2, 0.25) is 0 Å². The second-order valence-electron chi connectivity index (χ2n) is 6.57. The average molecular weight is 435 g/mol. The fourth-order valence-corrected chi connectivity index (χ4v) is 4.51. The second kappa shape index (κ2) is 8.16. The summed E-state index contributed by atoms with van der Waals surface area (Å²) in [5.41, 5.74) is 2.41. The van der Waals surface area contributed by atoms with Gasteiger partial charge in [0.1, 0.15) is 5.69 Å². The lowest BCUT2D eigenvalue weighted by Gasteiger charge is -2.10. The third-order valence-electron chi connectivity index (χ3n) is 4.48. The zero-order chi connectivity index (χ0) is 20.4. The van der Waals surface area contributed by atoms with Crippen molar-refractivity contribution in [1.82, 2.24) is 9.97 Å². The van der Waals surface area contributed by atoms with Crippen LogP contribution in [-0.4, -0.2) is 21.6 Å². The Morgan fingerprint density at radius 1 is 1.14 bits per heavy atom. The van der Waals surface area contributed by atoms with Gasteiger partial charge >= 0.3 is 6.18 Å². The summed E-state index contributed by atoms with van der Waals surface area (Å²) in [7, 11) is 0. The molecule has 2 heterocycles. The molecule has 0 spiro atoms. The monoisotopic (exact) mass is 435 g/mol. The summed E-state index contributed by atoms with van der Waals surface area (Å²) in [6, 6.07) is 10.2. The number of benzene rings is 1. The number of carbonyl (C=O) groups is 1. The van der Waals surface area contributed by atoms with E-state index in [2.05, 4.69) is 15.3 Å². The van der Waals surface area contributed by atoms with Gasteiger partial charge in [-0.15, -0.1) is 11.3 Å². The maximum Gasteiger partial charge on any atom is 0.433 e. The molecule has 2 aromatic heterocycles. The van der Waals surface area contributed by atoms with E-state index in [0.717, 1.165) is 37.1 Å². The third kappa shape index (κ3) is 4.79. The van der Waals surface area contributed by atoms with Gasteiger partial charge in [-0.25, -0.2) is 9.97 Å². The fourth-order valence-electron chi connectivity index (χ4n) is 3.16. The van der Waals surface area contributed by atoms with Gasteiger partial charge in [0.25, 0.3) is 0 Å². The molecule has 0 saturated heterocycles. The van der Waals surface area contributed by atoms with Crippen molar-refractivity contribution in [1.29, 1.82) is 0 Å². The van der Waals surface area contributed by atoms with E-state index in [1.54, 1.807) is 17.5 Å². The Morgan fingerprint density at radius 3 is 2.72 bits per heavy atom. The molecule has 0 bridgehead atoms. The molecule has 0 aliphatic heterocycles. The number of nitrogens with one attached hydrogen (secondary N) is 1. The summed E-state index contributed by atoms with van der Waals surface area (Å²) in [6.07, 6.45) is -1.42. The molecule has 0 unspecified atom stereocenters. The van der Waals surface area contributed by atoms with Crippen LogP contribution in [-0.2, 0) is 23.8 Å². The van der Waals surface area contributed by atoms with E-state index >= 15 is 0 Å². The largest absolute Gasteiger partial charge is 0.433 e. The number of alkyl halides is 3. The molecule has 150 valence electrons. The highest BCUT2D eigenvalue weighted by Crippen LogP contribution is 2.33. The molecule has 0 atom stereocenters. The Labute approximate surface area is 173 Å². The number of aryl methyl sites for hydroxylation is 2. The first-order valence-corrected chi connectivity index (χ1v) is 10.8. The van der Waals surface area contributed by atoms with Gasteiger partial charge in [0.05, 0.1) is 16.3 Å². The molecular weight excluding hydrogens is 419 g/mol. The van der Waals surface area contributed by atoms with Crippen molar-refractivity contribution in [3.8, 4) is 10.6 Å². The van der Waals surface area contributed by atoms with Gasteiger partial charge in [0, 0.05) is 5.69 Å². The zero-order valence-electron chi connectivity index (χ0n) is 15.1. The molecule has 29 heavy (non-hydrogen) atoms. The zero-order valence-corrected chi connectivity index (χ0v) is 16.8. The number of amides is 1. The SMILES string of the molecule is O=C(CSc1nc(-c2cccs2)cc(C(F)(F)F)n1)Nc1ccc2c(c1)CCC2. The second-order valence-corrected chi connectivity index (χ2v) is 8.46. The lowest BCUT2D eigenvalue weighted by molar-refractivity contribution is -0.141. The topological polar surface area (TPSA) is 54.9 Å². The molecule has 1 N–H and O–H groups in total. The Bertz CT molecular complexity index is 1040. The minimum absolute atomic E-state index is 0.0765.